The van der Waals surface area contributed by atoms with E-state index in [-0.39, 0.29) is 29.7 Å². The molecule has 0 unspecified atom stereocenters. The zero-order chi connectivity index (χ0) is 15.0. The highest BCUT2D eigenvalue weighted by atomic mass is 16.2. The first-order valence-electron chi connectivity index (χ1n) is 7.90. The van der Waals surface area contributed by atoms with E-state index in [2.05, 4.69) is 5.32 Å². The van der Waals surface area contributed by atoms with Gasteiger partial charge in [-0.15, -0.1) is 0 Å². The number of piperidine rings is 1. The Morgan fingerprint density at radius 3 is 2.38 bits per heavy atom. The zero-order valence-corrected chi connectivity index (χ0v) is 12.5. The average Bonchev–Trinajstić information content (AvgIpc) is 3.23. The normalized spacial score (nSPS) is 27.1. The predicted molar refractivity (Wildman–Crippen MR) is 76.3 cm³/mol. The van der Waals surface area contributed by atoms with E-state index >= 15 is 0 Å². The number of likely N-dealkylation sites (tertiary alicyclic amines) is 2. The lowest BCUT2D eigenvalue weighted by molar-refractivity contribution is -0.134. The molecule has 0 radical (unpaired) electrons. The van der Waals surface area contributed by atoms with Crippen molar-refractivity contribution in [3.63, 3.8) is 0 Å². The molecule has 1 saturated carbocycles. The predicted octanol–water partition coefficient (Wildman–Crippen LogP) is 0.124. The van der Waals surface area contributed by atoms with Crippen molar-refractivity contribution in [1.29, 1.82) is 0 Å². The standard InChI is InChI=1S/C15H23N3O3/c1-10(19)17-6-4-11(5-7-17)15(21)16-12-8-14(20)18(9-12)13-2-3-13/h11-13H,2-9H2,1H3,(H,16,21)/t12-/m1/s1. The van der Waals surface area contributed by atoms with Gasteiger partial charge in [0.2, 0.25) is 17.7 Å². The molecule has 2 aliphatic heterocycles. The minimum Gasteiger partial charge on any atom is -0.351 e. The van der Waals surface area contributed by atoms with E-state index in [1.54, 1.807) is 11.8 Å². The fourth-order valence-corrected chi connectivity index (χ4v) is 3.34. The van der Waals surface area contributed by atoms with E-state index in [1.807, 2.05) is 4.90 Å². The van der Waals surface area contributed by atoms with Gasteiger partial charge < -0.3 is 15.1 Å². The number of hydrogen-bond acceptors (Lipinski definition) is 3. The van der Waals surface area contributed by atoms with Gasteiger partial charge >= 0.3 is 0 Å². The fraction of sp³-hybridized carbons (Fsp3) is 0.800. The Morgan fingerprint density at radius 1 is 1.14 bits per heavy atom. The SMILES string of the molecule is CC(=O)N1CCC(C(=O)N[C@@H]2CC(=O)N(C3CC3)C2)CC1. The van der Waals surface area contributed by atoms with Gasteiger partial charge in [-0.25, -0.2) is 0 Å². The van der Waals surface area contributed by atoms with Crippen molar-refractivity contribution in [2.45, 2.75) is 51.1 Å². The molecular formula is C15H23N3O3. The van der Waals surface area contributed by atoms with E-state index in [9.17, 15) is 14.4 Å². The molecule has 2 saturated heterocycles. The molecule has 3 fully saturated rings. The van der Waals surface area contributed by atoms with Crippen molar-refractivity contribution in [1.82, 2.24) is 15.1 Å². The average molecular weight is 293 g/mol. The second-order valence-corrected chi connectivity index (χ2v) is 6.47. The Labute approximate surface area is 124 Å². The Balaban J connectivity index is 1.46. The Bertz CT molecular complexity index is 453. The molecule has 1 atom stereocenters. The maximum atomic E-state index is 12.3. The maximum Gasteiger partial charge on any atom is 0.225 e. The minimum absolute atomic E-state index is 0.0225. The lowest BCUT2D eigenvalue weighted by atomic mass is 9.95. The largest absolute Gasteiger partial charge is 0.351 e. The van der Waals surface area contributed by atoms with Gasteiger partial charge in [0.15, 0.2) is 0 Å². The molecule has 1 N–H and O–H groups in total. The van der Waals surface area contributed by atoms with Crippen LogP contribution in [0.25, 0.3) is 0 Å². The molecule has 116 valence electrons. The van der Waals surface area contributed by atoms with Gasteiger partial charge in [0.05, 0.1) is 6.04 Å². The molecule has 0 aromatic heterocycles. The molecule has 0 bridgehead atoms. The highest BCUT2D eigenvalue weighted by Gasteiger charge is 2.40. The van der Waals surface area contributed by atoms with Crippen molar-refractivity contribution in [3.8, 4) is 0 Å². The van der Waals surface area contributed by atoms with Crippen LogP contribution < -0.4 is 5.32 Å². The van der Waals surface area contributed by atoms with Gasteiger partial charge in [-0.05, 0) is 25.7 Å². The lowest BCUT2D eigenvalue weighted by Crippen LogP contribution is -2.45. The van der Waals surface area contributed by atoms with Crippen LogP contribution in [0.1, 0.15) is 39.0 Å². The summed E-state index contributed by atoms with van der Waals surface area (Å²) in [6.45, 7) is 3.55. The zero-order valence-electron chi connectivity index (χ0n) is 12.5. The van der Waals surface area contributed by atoms with Gasteiger partial charge in [-0.3, -0.25) is 14.4 Å². The number of carbonyl (C=O) groups is 3. The minimum atomic E-state index is -0.0311. The van der Waals surface area contributed by atoms with Crippen molar-refractivity contribution in [3.05, 3.63) is 0 Å². The third kappa shape index (κ3) is 3.19. The van der Waals surface area contributed by atoms with Crippen molar-refractivity contribution < 1.29 is 14.4 Å². The molecule has 0 aromatic carbocycles. The van der Waals surface area contributed by atoms with Crippen LogP contribution in [0, 0.1) is 5.92 Å². The van der Waals surface area contributed by atoms with Crippen LogP contribution in [-0.4, -0.2) is 59.2 Å². The Hall–Kier alpha value is -1.59. The fourth-order valence-electron chi connectivity index (χ4n) is 3.34. The van der Waals surface area contributed by atoms with Gasteiger partial charge in [0.25, 0.3) is 0 Å². The van der Waals surface area contributed by atoms with E-state index < -0.39 is 0 Å². The van der Waals surface area contributed by atoms with Gasteiger partial charge in [-0.1, -0.05) is 0 Å². The molecule has 3 amide bonds. The third-order valence-corrected chi connectivity index (χ3v) is 4.80. The van der Waals surface area contributed by atoms with Gasteiger partial charge in [0, 0.05) is 44.9 Å². The summed E-state index contributed by atoms with van der Waals surface area (Å²) < 4.78 is 0. The quantitative estimate of drug-likeness (QED) is 0.804. The second-order valence-electron chi connectivity index (χ2n) is 6.47. The lowest BCUT2D eigenvalue weighted by Gasteiger charge is -2.31. The summed E-state index contributed by atoms with van der Waals surface area (Å²) in [6.07, 6.45) is 4.09. The van der Waals surface area contributed by atoms with Gasteiger partial charge in [-0.2, -0.15) is 0 Å². The number of nitrogens with zero attached hydrogens (tertiary/aromatic N) is 2. The van der Waals surface area contributed by atoms with E-state index in [0.717, 1.165) is 25.7 Å². The van der Waals surface area contributed by atoms with Crippen LogP contribution >= 0.6 is 0 Å². The molecule has 0 spiro atoms. The number of amides is 3. The van der Waals surface area contributed by atoms with Crippen LogP contribution in [0.4, 0.5) is 0 Å². The summed E-state index contributed by atoms with van der Waals surface area (Å²) in [5.74, 6) is 0.281. The van der Waals surface area contributed by atoms with E-state index in [4.69, 9.17) is 0 Å². The topological polar surface area (TPSA) is 69.7 Å². The van der Waals surface area contributed by atoms with Crippen LogP contribution in [0.3, 0.4) is 0 Å². The molecule has 2 heterocycles. The summed E-state index contributed by atoms with van der Waals surface area (Å²) in [4.78, 5) is 39.1. The van der Waals surface area contributed by atoms with Crippen LogP contribution in [0.2, 0.25) is 0 Å². The van der Waals surface area contributed by atoms with Crippen LogP contribution in [0.5, 0.6) is 0 Å². The summed E-state index contributed by atoms with van der Waals surface area (Å²) in [5.41, 5.74) is 0. The molecule has 3 rings (SSSR count). The molecule has 21 heavy (non-hydrogen) atoms. The maximum absolute atomic E-state index is 12.3. The Morgan fingerprint density at radius 2 is 1.81 bits per heavy atom. The monoisotopic (exact) mass is 293 g/mol. The summed E-state index contributed by atoms with van der Waals surface area (Å²) in [6, 6.07) is 0.398. The highest BCUT2D eigenvalue weighted by Crippen LogP contribution is 2.30. The molecular weight excluding hydrogens is 270 g/mol. The van der Waals surface area contributed by atoms with E-state index in [1.165, 1.54) is 0 Å². The summed E-state index contributed by atoms with van der Waals surface area (Å²) >= 11 is 0. The first kappa shape index (κ1) is 14.4. The number of rotatable bonds is 3. The van der Waals surface area contributed by atoms with Crippen molar-refractivity contribution in [2.24, 2.45) is 5.92 Å². The molecule has 3 aliphatic rings. The third-order valence-electron chi connectivity index (χ3n) is 4.80. The van der Waals surface area contributed by atoms with Crippen molar-refractivity contribution in [2.75, 3.05) is 19.6 Å². The smallest absolute Gasteiger partial charge is 0.225 e. The van der Waals surface area contributed by atoms with Gasteiger partial charge in [0.1, 0.15) is 0 Å². The van der Waals surface area contributed by atoms with E-state index in [0.29, 0.717) is 32.1 Å². The second kappa shape index (κ2) is 5.66. The first-order valence-corrected chi connectivity index (χ1v) is 7.90. The molecule has 6 nitrogen and oxygen atoms in total. The summed E-state index contributed by atoms with van der Waals surface area (Å²) in [7, 11) is 0. The number of hydrogen-bond donors (Lipinski definition) is 1. The van der Waals surface area contributed by atoms with Crippen LogP contribution in [-0.2, 0) is 14.4 Å². The number of carbonyl (C=O) groups excluding carboxylic acids is 3. The highest BCUT2D eigenvalue weighted by molar-refractivity contribution is 5.84. The number of nitrogens with one attached hydrogen (secondary N) is 1. The summed E-state index contributed by atoms with van der Waals surface area (Å²) in [5, 5.41) is 3.03. The van der Waals surface area contributed by atoms with Crippen LogP contribution in [0.15, 0.2) is 0 Å². The molecule has 0 aromatic rings. The van der Waals surface area contributed by atoms with Crippen molar-refractivity contribution >= 4 is 17.7 Å². The first-order chi connectivity index (χ1) is 10.0. The molecule has 6 heteroatoms. The molecule has 1 aliphatic carbocycles. The Kier molecular flexibility index (Phi) is 3.87.